The van der Waals surface area contributed by atoms with Crippen molar-refractivity contribution < 1.29 is 19.1 Å². The molecule has 1 aliphatic rings. The Morgan fingerprint density at radius 2 is 1.68 bits per heavy atom. The summed E-state index contributed by atoms with van der Waals surface area (Å²) in [4.78, 5) is 23.9. The highest BCUT2D eigenvalue weighted by atomic mass is 16.5. The molecule has 0 amide bonds. The lowest BCUT2D eigenvalue weighted by molar-refractivity contribution is -0.164. The van der Waals surface area contributed by atoms with E-state index in [1.165, 1.54) is 14.2 Å². The van der Waals surface area contributed by atoms with Crippen LogP contribution in [0, 0.1) is 5.41 Å². The van der Waals surface area contributed by atoms with Gasteiger partial charge >= 0.3 is 11.9 Å². The van der Waals surface area contributed by atoms with Crippen LogP contribution in [0.25, 0.3) is 6.08 Å². The summed E-state index contributed by atoms with van der Waals surface area (Å²) in [5.41, 5.74) is 0.620. The van der Waals surface area contributed by atoms with Gasteiger partial charge < -0.3 is 9.47 Å². The Labute approximate surface area is 129 Å². The highest BCUT2D eigenvalue weighted by Crippen LogP contribution is 2.33. The lowest BCUT2D eigenvalue weighted by Gasteiger charge is -2.26. The molecule has 1 aromatic carbocycles. The Kier molecular flexibility index (Phi) is 4.94. The number of hydrogen-bond acceptors (Lipinski definition) is 4. The lowest BCUT2D eigenvalue weighted by atomic mass is 9.80. The van der Waals surface area contributed by atoms with E-state index in [4.69, 9.17) is 9.47 Å². The fourth-order valence-corrected chi connectivity index (χ4v) is 2.28. The summed E-state index contributed by atoms with van der Waals surface area (Å²) in [5.74, 6) is -1.23. The van der Waals surface area contributed by atoms with Crippen LogP contribution in [0.3, 0.4) is 0 Å². The van der Waals surface area contributed by atoms with E-state index < -0.39 is 17.4 Å². The highest BCUT2D eigenvalue weighted by Gasteiger charge is 2.46. The molecule has 0 radical (unpaired) electrons. The summed E-state index contributed by atoms with van der Waals surface area (Å²) in [6, 6.07) is 9.88. The number of benzene rings is 1. The van der Waals surface area contributed by atoms with E-state index in [1.54, 1.807) is 12.2 Å². The molecule has 0 spiro atoms. The number of hydrogen-bond donors (Lipinski definition) is 0. The van der Waals surface area contributed by atoms with Crippen LogP contribution in [0.1, 0.15) is 12.0 Å². The molecule has 0 aromatic heterocycles. The van der Waals surface area contributed by atoms with E-state index in [9.17, 15) is 9.59 Å². The number of allylic oxidation sites excluding steroid dienone is 4. The minimum Gasteiger partial charge on any atom is -0.468 e. The van der Waals surface area contributed by atoms with Gasteiger partial charge in [-0.3, -0.25) is 9.59 Å². The molecule has 4 nitrogen and oxygen atoms in total. The Balaban J connectivity index is 2.17. The zero-order valence-electron chi connectivity index (χ0n) is 12.6. The van der Waals surface area contributed by atoms with Gasteiger partial charge in [-0.05, 0) is 17.6 Å². The molecule has 0 unspecified atom stereocenters. The van der Waals surface area contributed by atoms with Crippen LogP contribution in [0.15, 0.2) is 60.2 Å². The van der Waals surface area contributed by atoms with Crippen molar-refractivity contribution in [2.45, 2.75) is 6.42 Å². The number of carbonyl (C=O) groups is 2. The minimum atomic E-state index is -1.38. The standard InChI is InChI=1S/C18H18O4/c1-21-16(19)18(17(20)22-2)12-10-15(11-13-18)9-8-14-6-4-3-5-7-14/h3-12H,13H2,1-2H3. The lowest BCUT2D eigenvalue weighted by Crippen LogP contribution is -2.40. The molecule has 0 saturated carbocycles. The Bertz CT molecular complexity index is 622. The van der Waals surface area contributed by atoms with Crippen molar-refractivity contribution in [1.82, 2.24) is 0 Å². The maximum Gasteiger partial charge on any atom is 0.327 e. The number of methoxy groups -OCH3 is 2. The van der Waals surface area contributed by atoms with Crippen molar-refractivity contribution >= 4 is 18.0 Å². The third-order valence-corrected chi connectivity index (χ3v) is 3.59. The molecule has 0 atom stereocenters. The molecular formula is C18H18O4. The van der Waals surface area contributed by atoms with Gasteiger partial charge in [-0.1, -0.05) is 60.7 Å². The van der Waals surface area contributed by atoms with Gasteiger partial charge in [0.2, 0.25) is 0 Å². The first-order chi connectivity index (χ1) is 10.6. The fraction of sp³-hybridized carbons (Fsp3) is 0.222. The summed E-state index contributed by atoms with van der Waals surface area (Å²) in [6.45, 7) is 0. The van der Waals surface area contributed by atoms with Gasteiger partial charge in [0.15, 0.2) is 5.41 Å². The van der Waals surface area contributed by atoms with Crippen molar-refractivity contribution in [2.24, 2.45) is 5.41 Å². The topological polar surface area (TPSA) is 52.6 Å². The number of carbonyl (C=O) groups excluding carboxylic acids is 2. The number of ether oxygens (including phenoxy) is 2. The maximum atomic E-state index is 12.0. The Morgan fingerprint density at radius 3 is 2.18 bits per heavy atom. The van der Waals surface area contributed by atoms with Gasteiger partial charge in [0.1, 0.15) is 0 Å². The van der Waals surface area contributed by atoms with Crippen molar-refractivity contribution in [3.8, 4) is 0 Å². The molecule has 0 saturated heterocycles. The largest absolute Gasteiger partial charge is 0.468 e. The van der Waals surface area contributed by atoms with E-state index in [1.807, 2.05) is 48.6 Å². The van der Waals surface area contributed by atoms with Crippen LogP contribution in [0.2, 0.25) is 0 Å². The van der Waals surface area contributed by atoms with E-state index in [2.05, 4.69) is 0 Å². The summed E-state index contributed by atoms with van der Waals surface area (Å²) >= 11 is 0. The summed E-state index contributed by atoms with van der Waals surface area (Å²) in [5, 5.41) is 0. The molecule has 114 valence electrons. The molecule has 0 fully saturated rings. The summed E-state index contributed by atoms with van der Waals surface area (Å²) in [6.07, 6.45) is 9.24. The molecule has 0 bridgehead atoms. The van der Waals surface area contributed by atoms with Crippen molar-refractivity contribution in [1.29, 1.82) is 0 Å². The molecule has 2 rings (SSSR count). The molecule has 0 N–H and O–H groups in total. The first-order valence-electron chi connectivity index (χ1n) is 6.92. The van der Waals surface area contributed by atoms with E-state index >= 15 is 0 Å². The summed E-state index contributed by atoms with van der Waals surface area (Å²) in [7, 11) is 2.52. The third-order valence-electron chi connectivity index (χ3n) is 3.59. The van der Waals surface area contributed by atoms with Crippen LogP contribution in [0.5, 0.6) is 0 Å². The molecule has 1 aromatic rings. The average molecular weight is 298 g/mol. The second-order valence-corrected chi connectivity index (χ2v) is 4.94. The quantitative estimate of drug-likeness (QED) is 0.633. The Morgan fingerprint density at radius 1 is 1.05 bits per heavy atom. The van der Waals surface area contributed by atoms with E-state index in [-0.39, 0.29) is 6.42 Å². The van der Waals surface area contributed by atoms with Crippen LogP contribution in [-0.4, -0.2) is 26.2 Å². The maximum absolute atomic E-state index is 12.0. The van der Waals surface area contributed by atoms with Crippen LogP contribution >= 0.6 is 0 Å². The van der Waals surface area contributed by atoms with Crippen molar-refractivity contribution in [2.75, 3.05) is 14.2 Å². The molecule has 0 aliphatic heterocycles. The molecule has 0 heterocycles. The van der Waals surface area contributed by atoms with Gasteiger partial charge in [0, 0.05) is 0 Å². The van der Waals surface area contributed by atoms with Gasteiger partial charge in [0.05, 0.1) is 14.2 Å². The van der Waals surface area contributed by atoms with Gasteiger partial charge in [-0.15, -0.1) is 0 Å². The number of esters is 2. The minimum absolute atomic E-state index is 0.220. The van der Waals surface area contributed by atoms with E-state index in [0.29, 0.717) is 0 Å². The van der Waals surface area contributed by atoms with Crippen molar-refractivity contribution in [3.05, 3.63) is 65.8 Å². The van der Waals surface area contributed by atoms with Gasteiger partial charge in [-0.2, -0.15) is 0 Å². The van der Waals surface area contributed by atoms with Crippen LogP contribution in [0.4, 0.5) is 0 Å². The average Bonchev–Trinajstić information content (AvgIpc) is 2.59. The van der Waals surface area contributed by atoms with Crippen LogP contribution in [-0.2, 0) is 19.1 Å². The van der Waals surface area contributed by atoms with E-state index in [0.717, 1.165) is 11.1 Å². The Hall–Kier alpha value is -2.62. The molecule has 4 heteroatoms. The zero-order chi connectivity index (χ0) is 16.0. The first kappa shape index (κ1) is 15.8. The second-order valence-electron chi connectivity index (χ2n) is 4.94. The molecule has 1 aliphatic carbocycles. The molecular weight excluding hydrogens is 280 g/mol. The zero-order valence-corrected chi connectivity index (χ0v) is 12.6. The second kappa shape index (κ2) is 6.89. The molecule has 22 heavy (non-hydrogen) atoms. The smallest absolute Gasteiger partial charge is 0.327 e. The number of rotatable bonds is 4. The SMILES string of the molecule is COC(=O)C1(C(=O)OC)C=CC(C=Cc2ccccc2)=CC1. The highest BCUT2D eigenvalue weighted by molar-refractivity contribution is 6.02. The summed E-state index contributed by atoms with van der Waals surface area (Å²) < 4.78 is 9.48. The van der Waals surface area contributed by atoms with Gasteiger partial charge in [0.25, 0.3) is 0 Å². The van der Waals surface area contributed by atoms with Gasteiger partial charge in [-0.25, -0.2) is 0 Å². The fourth-order valence-electron chi connectivity index (χ4n) is 2.28. The predicted molar refractivity (Wildman–Crippen MR) is 83.8 cm³/mol. The normalized spacial score (nSPS) is 16.2. The first-order valence-corrected chi connectivity index (χ1v) is 6.92. The van der Waals surface area contributed by atoms with Crippen molar-refractivity contribution in [3.63, 3.8) is 0 Å². The third kappa shape index (κ3) is 3.17. The predicted octanol–water partition coefficient (Wildman–Crippen LogP) is 2.92. The van der Waals surface area contributed by atoms with Crippen LogP contribution < -0.4 is 0 Å². The monoisotopic (exact) mass is 298 g/mol.